The van der Waals surface area contributed by atoms with Crippen LogP contribution in [-0.4, -0.2) is 51.8 Å². The molecule has 1 aromatic rings. The van der Waals surface area contributed by atoms with E-state index in [9.17, 15) is 14.7 Å². The van der Waals surface area contributed by atoms with Crippen LogP contribution in [-0.2, 0) is 12.8 Å². The largest absolute Gasteiger partial charge is 0.396 e. The lowest BCUT2D eigenvalue weighted by Crippen LogP contribution is -2.48. The molecule has 6 heteroatoms. The maximum absolute atomic E-state index is 12.6. The van der Waals surface area contributed by atoms with Crippen molar-refractivity contribution in [2.24, 2.45) is 5.92 Å². The van der Waals surface area contributed by atoms with E-state index in [-0.39, 0.29) is 36.1 Å². The molecule has 0 aromatic carbocycles. The second kappa shape index (κ2) is 6.22. The minimum Gasteiger partial charge on any atom is -0.396 e. The Hall–Kier alpha value is -1.66. The number of aromatic amines is 1. The number of fused-ring (bicyclic) bond motifs is 1. The second-order valence-corrected chi connectivity index (χ2v) is 6.27. The highest BCUT2D eigenvalue weighted by Gasteiger charge is 2.31. The predicted octanol–water partition coefficient (Wildman–Crippen LogP) is 0.0690. The Labute approximate surface area is 128 Å². The van der Waals surface area contributed by atoms with Crippen LogP contribution in [0.1, 0.15) is 40.9 Å². The molecule has 22 heavy (non-hydrogen) atoms. The third-order valence-electron chi connectivity index (χ3n) is 4.81. The van der Waals surface area contributed by atoms with Gasteiger partial charge in [0.05, 0.1) is 6.10 Å². The molecule has 1 aliphatic carbocycles. The smallest absolute Gasteiger partial charge is 0.261 e. The normalized spacial score (nSPS) is 24.9. The van der Waals surface area contributed by atoms with E-state index in [4.69, 9.17) is 5.11 Å². The van der Waals surface area contributed by atoms with E-state index >= 15 is 0 Å². The zero-order chi connectivity index (χ0) is 15.7. The Morgan fingerprint density at radius 2 is 2.14 bits per heavy atom. The van der Waals surface area contributed by atoms with E-state index < -0.39 is 6.10 Å². The first-order valence-corrected chi connectivity index (χ1v) is 7.93. The highest BCUT2D eigenvalue weighted by atomic mass is 16.3. The third-order valence-corrected chi connectivity index (χ3v) is 4.81. The van der Waals surface area contributed by atoms with E-state index in [0.717, 1.165) is 36.9 Å². The molecule has 2 aliphatic rings. The highest BCUT2D eigenvalue weighted by Crippen LogP contribution is 2.21. The molecule has 3 N–H and O–H groups in total. The van der Waals surface area contributed by atoms with Crippen LogP contribution in [0.15, 0.2) is 10.9 Å². The topological polar surface area (TPSA) is 93.6 Å². The molecule has 0 spiro atoms. The van der Waals surface area contributed by atoms with Gasteiger partial charge in [0, 0.05) is 31.3 Å². The fraction of sp³-hybridized carbons (Fsp3) is 0.625. The predicted molar refractivity (Wildman–Crippen MR) is 80.8 cm³/mol. The number of aryl methyl sites for hydroxylation is 2. The quantitative estimate of drug-likeness (QED) is 0.721. The number of amides is 1. The Morgan fingerprint density at radius 1 is 1.36 bits per heavy atom. The fourth-order valence-corrected chi connectivity index (χ4v) is 3.38. The standard InChI is InChI=1S/C16H22N2O4/c19-9-11-5-6-18(8-14(11)20)16(22)12-7-10-3-1-2-4-13(10)17-15(12)21/h7,11,14,19-20H,1-6,8-9H2,(H,17,21)/t11-,14-/m1/s1. The van der Waals surface area contributed by atoms with Crippen molar-refractivity contribution in [1.29, 1.82) is 0 Å². The van der Waals surface area contributed by atoms with Crippen LogP contribution < -0.4 is 5.56 Å². The van der Waals surface area contributed by atoms with Crippen LogP contribution in [0.25, 0.3) is 0 Å². The first-order chi connectivity index (χ1) is 10.6. The van der Waals surface area contributed by atoms with Crippen molar-refractivity contribution >= 4 is 5.91 Å². The lowest BCUT2D eigenvalue weighted by molar-refractivity contribution is 0.000799. The summed E-state index contributed by atoms with van der Waals surface area (Å²) in [4.78, 5) is 29.1. The van der Waals surface area contributed by atoms with Gasteiger partial charge < -0.3 is 20.1 Å². The van der Waals surface area contributed by atoms with Crippen LogP contribution in [0.2, 0.25) is 0 Å². The van der Waals surface area contributed by atoms with Crippen LogP contribution in [0, 0.1) is 5.92 Å². The van der Waals surface area contributed by atoms with Crippen molar-refractivity contribution in [2.75, 3.05) is 19.7 Å². The van der Waals surface area contributed by atoms with Crippen molar-refractivity contribution in [3.63, 3.8) is 0 Å². The van der Waals surface area contributed by atoms with Gasteiger partial charge in [-0.1, -0.05) is 0 Å². The zero-order valence-corrected chi connectivity index (χ0v) is 12.5. The zero-order valence-electron chi connectivity index (χ0n) is 12.5. The van der Waals surface area contributed by atoms with E-state index in [1.165, 1.54) is 4.90 Å². The molecule has 1 aliphatic heterocycles. The number of rotatable bonds is 2. The van der Waals surface area contributed by atoms with E-state index in [1.807, 2.05) is 0 Å². The second-order valence-electron chi connectivity index (χ2n) is 6.27. The number of hydrogen-bond donors (Lipinski definition) is 3. The summed E-state index contributed by atoms with van der Waals surface area (Å²) in [7, 11) is 0. The first kappa shape index (κ1) is 15.2. The van der Waals surface area contributed by atoms with Crippen LogP contribution in [0.5, 0.6) is 0 Å². The molecular weight excluding hydrogens is 284 g/mol. The number of H-pyrrole nitrogens is 1. The van der Waals surface area contributed by atoms with Crippen LogP contribution in [0.3, 0.4) is 0 Å². The average Bonchev–Trinajstić information content (AvgIpc) is 2.53. The number of piperidine rings is 1. The summed E-state index contributed by atoms with van der Waals surface area (Å²) in [5.41, 5.74) is 1.83. The molecule has 0 unspecified atom stereocenters. The Balaban J connectivity index is 1.82. The molecule has 2 heterocycles. The summed E-state index contributed by atoms with van der Waals surface area (Å²) in [6, 6.07) is 1.72. The van der Waals surface area contributed by atoms with Crippen LogP contribution >= 0.6 is 0 Å². The van der Waals surface area contributed by atoms with Gasteiger partial charge in [0.15, 0.2) is 0 Å². The van der Waals surface area contributed by atoms with Crippen molar-refractivity contribution in [3.8, 4) is 0 Å². The molecular formula is C16H22N2O4. The Bertz CT molecular complexity index is 625. The number of nitrogens with zero attached hydrogens (tertiary/aromatic N) is 1. The van der Waals surface area contributed by atoms with Gasteiger partial charge in [-0.2, -0.15) is 0 Å². The lowest BCUT2D eigenvalue weighted by atomic mass is 9.93. The summed E-state index contributed by atoms with van der Waals surface area (Å²) in [6.45, 7) is 0.543. The molecule has 1 fully saturated rings. The Kier molecular flexibility index (Phi) is 4.31. The van der Waals surface area contributed by atoms with E-state index in [0.29, 0.717) is 13.0 Å². The number of carbonyl (C=O) groups excluding carboxylic acids is 1. The number of pyridine rings is 1. The molecule has 0 saturated carbocycles. The summed E-state index contributed by atoms with van der Waals surface area (Å²) in [6.07, 6.45) is 3.71. The number of aliphatic hydroxyl groups excluding tert-OH is 2. The summed E-state index contributed by atoms with van der Waals surface area (Å²) in [5.74, 6) is -0.518. The lowest BCUT2D eigenvalue weighted by Gasteiger charge is -2.35. The molecule has 2 atom stereocenters. The minimum absolute atomic E-state index is 0.0807. The Morgan fingerprint density at radius 3 is 2.86 bits per heavy atom. The van der Waals surface area contributed by atoms with Crippen molar-refractivity contribution in [1.82, 2.24) is 9.88 Å². The summed E-state index contributed by atoms with van der Waals surface area (Å²) >= 11 is 0. The van der Waals surface area contributed by atoms with Gasteiger partial charge in [-0.05, 0) is 43.7 Å². The van der Waals surface area contributed by atoms with E-state index in [2.05, 4.69) is 4.98 Å². The van der Waals surface area contributed by atoms with Gasteiger partial charge >= 0.3 is 0 Å². The monoisotopic (exact) mass is 306 g/mol. The molecule has 6 nitrogen and oxygen atoms in total. The number of nitrogens with one attached hydrogen (secondary N) is 1. The van der Waals surface area contributed by atoms with Gasteiger partial charge in [0.25, 0.3) is 11.5 Å². The molecule has 1 aromatic heterocycles. The van der Waals surface area contributed by atoms with Gasteiger partial charge in [0.1, 0.15) is 5.56 Å². The first-order valence-electron chi connectivity index (χ1n) is 7.93. The van der Waals surface area contributed by atoms with Crippen molar-refractivity contribution in [2.45, 2.75) is 38.2 Å². The number of carbonyl (C=O) groups is 1. The maximum Gasteiger partial charge on any atom is 0.261 e. The van der Waals surface area contributed by atoms with E-state index in [1.54, 1.807) is 6.07 Å². The molecule has 1 amide bonds. The number of likely N-dealkylation sites (tertiary alicyclic amines) is 1. The SMILES string of the molecule is O=C(c1cc2c([nH]c1=O)CCCC2)N1CC[C@H](CO)[C@H](O)C1. The average molecular weight is 306 g/mol. The minimum atomic E-state index is -0.737. The van der Waals surface area contributed by atoms with Gasteiger partial charge in [-0.3, -0.25) is 9.59 Å². The highest BCUT2D eigenvalue weighted by molar-refractivity contribution is 5.94. The van der Waals surface area contributed by atoms with Gasteiger partial charge in [-0.15, -0.1) is 0 Å². The third kappa shape index (κ3) is 2.80. The van der Waals surface area contributed by atoms with Crippen molar-refractivity contribution < 1.29 is 15.0 Å². The van der Waals surface area contributed by atoms with Crippen LogP contribution in [0.4, 0.5) is 0 Å². The van der Waals surface area contributed by atoms with Gasteiger partial charge in [0.2, 0.25) is 0 Å². The molecule has 0 radical (unpaired) electrons. The van der Waals surface area contributed by atoms with Crippen molar-refractivity contribution in [3.05, 3.63) is 33.2 Å². The number of β-amino-alcohol motifs (C(OH)–C–C–N with tert-alkyl or cyclic N) is 1. The number of aliphatic hydroxyl groups is 2. The fourth-order valence-electron chi connectivity index (χ4n) is 3.38. The molecule has 3 rings (SSSR count). The van der Waals surface area contributed by atoms with Gasteiger partial charge in [-0.25, -0.2) is 0 Å². The maximum atomic E-state index is 12.6. The molecule has 120 valence electrons. The molecule has 0 bridgehead atoms. The number of aromatic nitrogens is 1. The number of hydrogen-bond acceptors (Lipinski definition) is 4. The summed E-state index contributed by atoms with van der Waals surface area (Å²) in [5, 5.41) is 19.1. The summed E-state index contributed by atoms with van der Waals surface area (Å²) < 4.78 is 0. The molecule has 1 saturated heterocycles.